The third-order valence-electron chi connectivity index (χ3n) is 2.36. The van der Waals surface area contributed by atoms with E-state index in [-0.39, 0.29) is 0 Å². The molecule has 3 nitrogen and oxygen atoms in total. The van der Waals surface area contributed by atoms with Crippen molar-refractivity contribution in [2.45, 2.75) is 19.8 Å². The predicted molar refractivity (Wildman–Crippen MR) is 72.9 cm³/mol. The van der Waals surface area contributed by atoms with E-state index < -0.39 is 0 Å². The maximum absolute atomic E-state index is 5.92. The van der Waals surface area contributed by atoms with Crippen molar-refractivity contribution in [1.29, 1.82) is 0 Å². The molecule has 0 amide bonds. The van der Waals surface area contributed by atoms with E-state index in [2.05, 4.69) is 32.1 Å². The minimum Gasteiger partial charge on any atom is -0.370 e. The van der Waals surface area contributed by atoms with E-state index in [1.54, 1.807) is 17.4 Å². The molecular weight excluding hydrogens is 254 g/mol. The molecule has 0 saturated heterocycles. The van der Waals surface area contributed by atoms with Gasteiger partial charge in [-0.05, 0) is 28.8 Å². The number of anilines is 1. The highest BCUT2D eigenvalue weighted by Crippen LogP contribution is 2.12. The van der Waals surface area contributed by atoms with Gasteiger partial charge in [-0.1, -0.05) is 18.5 Å². The van der Waals surface area contributed by atoms with Crippen LogP contribution < -0.4 is 5.32 Å². The van der Waals surface area contributed by atoms with Crippen molar-refractivity contribution in [3.8, 4) is 0 Å². The quantitative estimate of drug-likeness (QED) is 0.844. The van der Waals surface area contributed by atoms with E-state index in [9.17, 15) is 0 Å². The van der Waals surface area contributed by atoms with E-state index >= 15 is 0 Å². The second-order valence-corrected chi connectivity index (χ2v) is 4.82. The maximum atomic E-state index is 5.92. The van der Waals surface area contributed by atoms with Crippen LogP contribution in [0.2, 0.25) is 5.15 Å². The molecule has 0 spiro atoms. The van der Waals surface area contributed by atoms with Crippen molar-refractivity contribution in [2.24, 2.45) is 0 Å². The smallest absolute Gasteiger partial charge is 0.134 e. The first kappa shape index (κ1) is 12.3. The second-order valence-electron chi connectivity index (χ2n) is 3.65. The second kappa shape index (κ2) is 5.98. The Balaban J connectivity index is 1.92. The highest BCUT2D eigenvalue weighted by Gasteiger charge is 2.01. The molecule has 5 heteroatoms. The van der Waals surface area contributed by atoms with Crippen molar-refractivity contribution >= 4 is 28.8 Å². The van der Waals surface area contributed by atoms with Gasteiger partial charge in [-0.25, -0.2) is 9.97 Å². The maximum Gasteiger partial charge on any atom is 0.134 e. The van der Waals surface area contributed by atoms with Gasteiger partial charge in [-0.15, -0.1) is 0 Å². The molecule has 17 heavy (non-hydrogen) atoms. The van der Waals surface area contributed by atoms with Gasteiger partial charge in [-0.2, -0.15) is 11.3 Å². The van der Waals surface area contributed by atoms with Crippen LogP contribution in [-0.2, 0) is 12.8 Å². The standard InChI is InChI=1S/C12H14ClN3S/c1-2-11-15-10(13)7-12(16-11)14-5-3-9-4-6-17-8-9/h4,6-8H,2-3,5H2,1H3,(H,14,15,16). The van der Waals surface area contributed by atoms with Crippen molar-refractivity contribution in [3.63, 3.8) is 0 Å². The van der Waals surface area contributed by atoms with Crippen molar-refractivity contribution < 1.29 is 0 Å². The van der Waals surface area contributed by atoms with Crippen molar-refractivity contribution in [1.82, 2.24) is 9.97 Å². The Morgan fingerprint density at radius 1 is 1.41 bits per heavy atom. The summed E-state index contributed by atoms with van der Waals surface area (Å²) in [6.07, 6.45) is 1.78. The molecule has 0 atom stereocenters. The first-order valence-corrected chi connectivity index (χ1v) is 6.88. The lowest BCUT2D eigenvalue weighted by molar-refractivity contribution is 0.926. The summed E-state index contributed by atoms with van der Waals surface area (Å²) < 4.78 is 0. The first-order valence-electron chi connectivity index (χ1n) is 5.56. The van der Waals surface area contributed by atoms with Crippen molar-refractivity contribution in [2.75, 3.05) is 11.9 Å². The van der Waals surface area contributed by atoms with E-state index in [0.717, 1.165) is 31.0 Å². The number of nitrogens with one attached hydrogen (secondary N) is 1. The van der Waals surface area contributed by atoms with E-state index in [0.29, 0.717) is 5.15 Å². The number of rotatable bonds is 5. The minimum absolute atomic E-state index is 0.495. The average molecular weight is 268 g/mol. The summed E-state index contributed by atoms with van der Waals surface area (Å²) in [6, 6.07) is 3.89. The van der Waals surface area contributed by atoms with Gasteiger partial charge in [0, 0.05) is 19.0 Å². The van der Waals surface area contributed by atoms with Crippen LogP contribution in [-0.4, -0.2) is 16.5 Å². The highest BCUT2D eigenvalue weighted by molar-refractivity contribution is 7.07. The molecule has 2 aromatic rings. The Labute approximate surface area is 110 Å². The zero-order valence-corrected chi connectivity index (χ0v) is 11.2. The number of aromatic nitrogens is 2. The van der Waals surface area contributed by atoms with Gasteiger partial charge in [0.15, 0.2) is 0 Å². The van der Waals surface area contributed by atoms with E-state index in [1.807, 2.05) is 6.92 Å². The molecule has 0 fully saturated rings. The Hall–Kier alpha value is -1.13. The number of thiophene rings is 1. The molecule has 2 rings (SSSR count). The summed E-state index contributed by atoms with van der Waals surface area (Å²) in [6.45, 7) is 2.87. The molecule has 0 aliphatic heterocycles. The topological polar surface area (TPSA) is 37.8 Å². The Bertz CT molecular complexity index is 471. The minimum atomic E-state index is 0.495. The van der Waals surface area contributed by atoms with Gasteiger partial charge in [0.25, 0.3) is 0 Å². The average Bonchev–Trinajstić information content (AvgIpc) is 2.81. The summed E-state index contributed by atoms with van der Waals surface area (Å²) in [4.78, 5) is 8.49. The molecule has 0 saturated carbocycles. The molecule has 2 heterocycles. The molecule has 0 radical (unpaired) electrons. The summed E-state index contributed by atoms with van der Waals surface area (Å²) in [5.41, 5.74) is 1.35. The number of aryl methyl sites for hydroxylation is 1. The van der Waals surface area contributed by atoms with Crippen molar-refractivity contribution in [3.05, 3.63) is 39.4 Å². The fourth-order valence-corrected chi connectivity index (χ4v) is 2.39. The van der Waals surface area contributed by atoms with Crippen LogP contribution >= 0.6 is 22.9 Å². The van der Waals surface area contributed by atoms with Gasteiger partial charge in [-0.3, -0.25) is 0 Å². The van der Waals surface area contributed by atoms with Crippen LogP contribution in [0.25, 0.3) is 0 Å². The Morgan fingerprint density at radius 2 is 2.29 bits per heavy atom. The van der Waals surface area contributed by atoms with Crippen LogP contribution in [0.5, 0.6) is 0 Å². The van der Waals surface area contributed by atoms with Crippen LogP contribution in [0.3, 0.4) is 0 Å². The monoisotopic (exact) mass is 267 g/mol. The SMILES string of the molecule is CCc1nc(Cl)cc(NCCc2ccsc2)n1. The molecule has 90 valence electrons. The van der Waals surface area contributed by atoms with Crippen LogP contribution in [0.15, 0.2) is 22.9 Å². The van der Waals surface area contributed by atoms with Crippen LogP contribution in [0.4, 0.5) is 5.82 Å². The summed E-state index contributed by atoms with van der Waals surface area (Å²) in [7, 11) is 0. The lowest BCUT2D eigenvalue weighted by Gasteiger charge is -2.06. The number of halogens is 1. The first-order chi connectivity index (χ1) is 8.28. The lowest BCUT2D eigenvalue weighted by atomic mass is 10.2. The van der Waals surface area contributed by atoms with Gasteiger partial charge < -0.3 is 5.32 Å². The zero-order valence-electron chi connectivity index (χ0n) is 9.61. The highest BCUT2D eigenvalue weighted by atomic mass is 35.5. The molecule has 0 unspecified atom stereocenters. The van der Waals surface area contributed by atoms with Crippen LogP contribution in [0.1, 0.15) is 18.3 Å². The van der Waals surface area contributed by atoms with E-state index in [4.69, 9.17) is 11.6 Å². The third-order valence-corrected chi connectivity index (χ3v) is 3.28. The van der Waals surface area contributed by atoms with Crippen LogP contribution in [0, 0.1) is 0 Å². The summed E-state index contributed by atoms with van der Waals surface area (Å²) in [5.74, 6) is 1.58. The molecule has 2 aromatic heterocycles. The molecule has 0 aliphatic carbocycles. The summed E-state index contributed by atoms with van der Waals surface area (Å²) >= 11 is 7.64. The number of hydrogen-bond donors (Lipinski definition) is 1. The molecular formula is C12H14ClN3S. The number of hydrogen-bond acceptors (Lipinski definition) is 4. The largest absolute Gasteiger partial charge is 0.370 e. The van der Waals surface area contributed by atoms with Gasteiger partial charge >= 0.3 is 0 Å². The Kier molecular flexibility index (Phi) is 4.34. The number of nitrogens with zero attached hydrogens (tertiary/aromatic N) is 2. The molecule has 1 N–H and O–H groups in total. The molecule has 0 aliphatic rings. The van der Waals surface area contributed by atoms with Gasteiger partial charge in [0.1, 0.15) is 16.8 Å². The predicted octanol–water partition coefficient (Wildman–Crippen LogP) is 3.41. The normalized spacial score (nSPS) is 10.5. The van der Waals surface area contributed by atoms with Gasteiger partial charge in [0.2, 0.25) is 0 Å². The fourth-order valence-electron chi connectivity index (χ4n) is 1.48. The summed E-state index contributed by atoms with van der Waals surface area (Å²) in [5, 5.41) is 8.01. The Morgan fingerprint density at radius 3 is 3.00 bits per heavy atom. The molecule has 0 bridgehead atoms. The third kappa shape index (κ3) is 3.68. The van der Waals surface area contributed by atoms with Gasteiger partial charge in [0.05, 0.1) is 0 Å². The molecule has 0 aromatic carbocycles. The lowest BCUT2D eigenvalue weighted by Crippen LogP contribution is -2.07. The van der Waals surface area contributed by atoms with E-state index in [1.165, 1.54) is 5.56 Å². The fraction of sp³-hybridized carbons (Fsp3) is 0.333. The zero-order chi connectivity index (χ0) is 12.1.